The molecule has 0 aromatic heterocycles. The van der Waals surface area contributed by atoms with Crippen LogP contribution in [0.4, 0.5) is 0 Å². The molecule has 0 atom stereocenters. The second-order valence-corrected chi connectivity index (χ2v) is 7.74. The number of hydrogen-bond donors (Lipinski definition) is 1. The van der Waals surface area contributed by atoms with Crippen molar-refractivity contribution in [3.8, 4) is 0 Å². The van der Waals surface area contributed by atoms with Crippen LogP contribution >= 0.6 is 0 Å². The third-order valence-electron chi connectivity index (χ3n) is 6.15. The molecular formula is C22H28O3. The lowest BCUT2D eigenvalue weighted by atomic mass is 9.63. The molecule has 1 aromatic carbocycles. The van der Waals surface area contributed by atoms with Gasteiger partial charge in [-0.3, -0.25) is 9.59 Å². The Bertz CT molecular complexity index is 698. The van der Waals surface area contributed by atoms with Crippen molar-refractivity contribution >= 4 is 17.3 Å². The molecule has 0 aliphatic heterocycles. The summed E-state index contributed by atoms with van der Waals surface area (Å²) in [7, 11) is 0. The van der Waals surface area contributed by atoms with Gasteiger partial charge in [-0.15, -0.1) is 0 Å². The van der Waals surface area contributed by atoms with E-state index in [2.05, 4.69) is 13.8 Å². The molecule has 0 heterocycles. The third-order valence-corrected chi connectivity index (χ3v) is 6.15. The summed E-state index contributed by atoms with van der Waals surface area (Å²) in [6.07, 6.45) is 8.77. The molecule has 0 unspecified atom stereocenters. The second kappa shape index (κ2) is 7.15. The number of hydrogen-bond acceptors (Lipinski definition) is 3. The van der Waals surface area contributed by atoms with Crippen LogP contribution in [0, 0.1) is 11.3 Å². The SMILES string of the molecule is CCCC1(CCC)CCC(C2=C(O)c3ccccc3C(=O)C2=O)CC1. The summed E-state index contributed by atoms with van der Waals surface area (Å²) in [5.41, 5.74) is 1.60. The number of rotatable bonds is 5. The Morgan fingerprint density at radius 1 is 0.960 bits per heavy atom. The molecule has 25 heavy (non-hydrogen) atoms. The summed E-state index contributed by atoms with van der Waals surface area (Å²) < 4.78 is 0. The van der Waals surface area contributed by atoms with E-state index in [1.165, 1.54) is 25.7 Å². The zero-order valence-electron chi connectivity index (χ0n) is 15.3. The Kier molecular flexibility index (Phi) is 5.12. The van der Waals surface area contributed by atoms with Crippen LogP contribution in [0.5, 0.6) is 0 Å². The molecular weight excluding hydrogens is 312 g/mol. The molecule has 1 fully saturated rings. The summed E-state index contributed by atoms with van der Waals surface area (Å²) in [4.78, 5) is 25.1. The lowest BCUT2D eigenvalue weighted by Gasteiger charge is -2.41. The van der Waals surface area contributed by atoms with Crippen molar-refractivity contribution in [3.63, 3.8) is 0 Å². The fourth-order valence-corrected chi connectivity index (χ4v) is 4.97. The predicted octanol–water partition coefficient (Wildman–Crippen LogP) is 5.50. The van der Waals surface area contributed by atoms with Gasteiger partial charge in [0.2, 0.25) is 11.6 Å². The highest BCUT2D eigenvalue weighted by Crippen LogP contribution is 2.48. The van der Waals surface area contributed by atoms with Gasteiger partial charge in [0.25, 0.3) is 0 Å². The van der Waals surface area contributed by atoms with Gasteiger partial charge in [-0.2, -0.15) is 0 Å². The second-order valence-electron chi connectivity index (χ2n) is 7.74. The van der Waals surface area contributed by atoms with Gasteiger partial charge in [0, 0.05) is 16.7 Å². The van der Waals surface area contributed by atoms with Gasteiger partial charge in [-0.1, -0.05) is 51.0 Å². The molecule has 2 aliphatic carbocycles. The molecule has 1 saturated carbocycles. The number of allylic oxidation sites excluding steroid dienone is 1. The van der Waals surface area contributed by atoms with Gasteiger partial charge in [0.1, 0.15) is 5.76 Å². The molecule has 0 amide bonds. The van der Waals surface area contributed by atoms with Gasteiger partial charge in [-0.05, 0) is 49.9 Å². The third kappa shape index (κ3) is 3.17. The number of carbonyl (C=O) groups excluding carboxylic acids is 2. The Labute approximate surface area is 150 Å². The highest BCUT2D eigenvalue weighted by molar-refractivity contribution is 6.52. The lowest BCUT2D eigenvalue weighted by molar-refractivity contribution is -0.112. The van der Waals surface area contributed by atoms with E-state index >= 15 is 0 Å². The van der Waals surface area contributed by atoms with Gasteiger partial charge < -0.3 is 5.11 Å². The van der Waals surface area contributed by atoms with Crippen molar-refractivity contribution in [2.45, 2.75) is 65.2 Å². The summed E-state index contributed by atoms with van der Waals surface area (Å²) in [6.45, 7) is 4.47. The molecule has 1 aromatic rings. The predicted molar refractivity (Wildman–Crippen MR) is 99.5 cm³/mol. The van der Waals surface area contributed by atoms with Gasteiger partial charge in [0.15, 0.2) is 0 Å². The molecule has 2 aliphatic rings. The van der Waals surface area contributed by atoms with E-state index < -0.39 is 11.6 Å². The summed E-state index contributed by atoms with van der Waals surface area (Å²) >= 11 is 0. The van der Waals surface area contributed by atoms with Crippen LogP contribution in [0.1, 0.15) is 81.1 Å². The quantitative estimate of drug-likeness (QED) is 0.720. The molecule has 0 spiro atoms. The summed E-state index contributed by atoms with van der Waals surface area (Å²) in [5.74, 6) is -0.933. The summed E-state index contributed by atoms with van der Waals surface area (Å²) in [5, 5.41) is 10.7. The highest BCUT2D eigenvalue weighted by atomic mass is 16.3. The molecule has 0 radical (unpaired) electrons. The average molecular weight is 340 g/mol. The summed E-state index contributed by atoms with van der Waals surface area (Å²) in [6, 6.07) is 6.88. The smallest absolute Gasteiger partial charge is 0.234 e. The molecule has 134 valence electrons. The fraction of sp³-hybridized carbons (Fsp3) is 0.545. The number of aliphatic hydroxyl groups is 1. The van der Waals surface area contributed by atoms with E-state index in [0.29, 0.717) is 22.1 Å². The monoisotopic (exact) mass is 340 g/mol. The number of fused-ring (bicyclic) bond motifs is 1. The van der Waals surface area contributed by atoms with Gasteiger partial charge >= 0.3 is 0 Å². The first-order valence-electron chi connectivity index (χ1n) is 9.64. The lowest BCUT2D eigenvalue weighted by Crippen LogP contribution is -2.33. The number of ketones is 2. The molecule has 3 heteroatoms. The molecule has 0 bridgehead atoms. The van der Waals surface area contributed by atoms with Crippen molar-refractivity contribution in [3.05, 3.63) is 41.0 Å². The zero-order valence-corrected chi connectivity index (χ0v) is 15.3. The number of carbonyl (C=O) groups is 2. The van der Waals surface area contributed by atoms with E-state index in [4.69, 9.17) is 0 Å². The first kappa shape index (κ1) is 17.9. The highest BCUT2D eigenvalue weighted by Gasteiger charge is 2.41. The van der Waals surface area contributed by atoms with Crippen molar-refractivity contribution in [2.24, 2.45) is 11.3 Å². The Hall–Kier alpha value is -1.90. The molecule has 0 saturated heterocycles. The maximum absolute atomic E-state index is 12.6. The van der Waals surface area contributed by atoms with Crippen LogP contribution in [0.2, 0.25) is 0 Å². The topological polar surface area (TPSA) is 54.4 Å². The van der Waals surface area contributed by atoms with Crippen LogP contribution in [-0.4, -0.2) is 16.7 Å². The van der Waals surface area contributed by atoms with E-state index in [9.17, 15) is 14.7 Å². The molecule has 3 rings (SSSR count). The number of Topliss-reactive ketones (excluding diaryl/α,β-unsaturated/α-hetero) is 2. The van der Waals surface area contributed by atoms with Crippen LogP contribution < -0.4 is 0 Å². The first-order valence-corrected chi connectivity index (χ1v) is 9.64. The van der Waals surface area contributed by atoms with Crippen LogP contribution in [0.3, 0.4) is 0 Å². The molecule has 3 nitrogen and oxygen atoms in total. The van der Waals surface area contributed by atoms with Crippen molar-refractivity contribution in [1.82, 2.24) is 0 Å². The normalized spacial score (nSPS) is 20.7. The minimum absolute atomic E-state index is 0.00615. The standard InChI is InChI=1S/C22H28O3/c1-3-11-22(12-4-2)13-9-15(10-14-22)18-19(23)16-7-5-6-8-17(16)20(24)21(18)25/h5-8,15,23H,3-4,9-14H2,1-2H3. The van der Waals surface area contributed by atoms with Crippen molar-refractivity contribution < 1.29 is 14.7 Å². The minimum Gasteiger partial charge on any atom is -0.507 e. The Morgan fingerprint density at radius 2 is 1.52 bits per heavy atom. The first-order chi connectivity index (χ1) is 12.0. The van der Waals surface area contributed by atoms with E-state index in [0.717, 1.165) is 25.7 Å². The maximum atomic E-state index is 12.6. The molecule has 1 N–H and O–H groups in total. The minimum atomic E-state index is -0.500. The van der Waals surface area contributed by atoms with E-state index in [-0.39, 0.29) is 11.7 Å². The largest absolute Gasteiger partial charge is 0.507 e. The number of benzene rings is 1. The van der Waals surface area contributed by atoms with E-state index in [1.54, 1.807) is 24.3 Å². The Morgan fingerprint density at radius 3 is 2.08 bits per heavy atom. The van der Waals surface area contributed by atoms with Crippen LogP contribution in [0.25, 0.3) is 5.76 Å². The fourth-order valence-electron chi connectivity index (χ4n) is 4.97. The van der Waals surface area contributed by atoms with Crippen LogP contribution in [0.15, 0.2) is 29.8 Å². The van der Waals surface area contributed by atoms with Crippen molar-refractivity contribution in [2.75, 3.05) is 0 Å². The zero-order chi connectivity index (χ0) is 18.0. The van der Waals surface area contributed by atoms with E-state index in [1.807, 2.05) is 0 Å². The number of aliphatic hydroxyl groups excluding tert-OH is 1. The average Bonchev–Trinajstić information content (AvgIpc) is 2.62. The van der Waals surface area contributed by atoms with Gasteiger partial charge in [-0.25, -0.2) is 0 Å². The van der Waals surface area contributed by atoms with Crippen LogP contribution in [-0.2, 0) is 4.79 Å². The van der Waals surface area contributed by atoms with Crippen molar-refractivity contribution in [1.29, 1.82) is 0 Å². The van der Waals surface area contributed by atoms with Gasteiger partial charge in [0.05, 0.1) is 0 Å². The maximum Gasteiger partial charge on any atom is 0.234 e. The Balaban J connectivity index is 1.88.